The third-order valence-corrected chi connectivity index (χ3v) is 9.89. The molecular weight excluding hydrogens is 688 g/mol. The Morgan fingerprint density at radius 3 is 2.02 bits per heavy atom. The lowest BCUT2D eigenvalue weighted by Gasteiger charge is -2.34. The van der Waals surface area contributed by atoms with Gasteiger partial charge in [-0.3, -0.25) is 13.9 Å². The largest absolute Gasteiger partial charge is 0.352 e. The summed E-state index contributed by atoms with van der Waals surface area (Å²) in [6.07, 6.45) is 0.157. The van der Waals surface area contributed by atoms with Crippen molar-refractivity contribution in [2.45, 2.75) is 50.7 Å². The number of carbonyl (C=O) groups is 2. The third kappa shape index (κ3) is 9.17. The molecule has 242 valence electrons. The summed E-state index contributed by atoms with van der Waals surface area (Å²) in [4.78, 5) is 29.7. The van der Waals surface area contributed by atoms with E-state index in [1.54, 1.807) is 30.3 Å². The molecule has 0 saturated carbocycles. The fourth-order valence-electron chi connectivity index (χ4n) is 4.82. The topological polar surface area (TPSA) is 86.8 Å². The van der Waals surface area contributed by atoms with Crippen molar-refractivity contribution >= 4 is 73.9 Å². The number of nitrogens with one attached hydrogen (secondary N) is 1. The minimum Gasteiger partial charge on any atom is -0.352 e. The van der Waals surface area contributed by atoms with Crippen LogP contribution in [-0.4, -0.2) is 43.8 Å². The Kier molecular flexibility index (Phi) is 12.0. The van der Waals surface area contributed by atoms with E-state index in [9.17, 15) is 18.0 Å². The van der Waals surface area contributed by atoms with Crippen molar-refractivity contribution in [3.8, 4) is 0 Å². The summed E-state index contributed by atoms with van der Waals surface area (Å²) >= 11 is 25.3. The minimum atomic E-state index is -4.32. The number of rotatable bonds is 12. The van der Waals surface area contributed by atoms with Gasteiger partial charge in [0.15, 0.2) is 0 Å². The quantitative estimate of drug-likeness (QED) is 0.161. The van der Waals surface area contributed by atoms with E-state index in [-0.39, 0.29) is 39.6 Å². The van der Waals surface area contributed by atoms with E-state index in [2.05, 4.69) is 5.32 Å². The zero-order valence-electron chi connectivity index (χ0n) is 25.4. The number of anilines is 1. The van der Waals surface area contributed by atoms with Gasteiger partial charge < -0.3 is 10.2 Å². The molecule has 1 unspecified atom stereocenters. The molecular formula is C34H33Cl4N3O4S. The molecule has 12 heteroatoms. The second-order valence-electron chi connectivity index (χ2n) is 11.1. The van der Waals surface area contributed by atoms with Gasteiger partial charge in [0.1, 0.15) is 12.6 Å². The normalized spacial score (nSPS) is 12.1. The van der Waals surface area contributed by atoms with Gasteiger partial charge >= 0.3 is 0 Å². The Labute approximate surface area is 290 Å². The molecule has 0 fully saturated rings. The van der Waals surface area contributed by atoms with Crippen LogP contribution in [0.5, 0.6) is 0 Å². The molecule has 0 aliphatic heterocycles. The van der Waals surface area contributed by atoms with Crippen LogP contribution < -0.4 is 9.62 Å². The molecule has 2 amide bonds. The van der Waals surface area contributed by atoms with Crippen molar-refractivity contribution in [1.82, 2.24) is 10.2 Å². The molecule has 0 aliphatic rings. The summed E-state index contributed by atoms with van der Waals surface area (Å²) < 4.78 is 29.3. The predicted octanol–water partition coefficient (Wildman–Crippen LogP) is 7.97. The summed E-state index contributed by atoms with van der Waals surface area (Å²) in [7, 11) is -4.32. The lowest BCUT2D eigenvalue weighted by atomic mass is 10.0. The van der Waals surface area contributed by atoms with Crippen LogP contribution in [0.15, 0.2) is 95.9 Å². The number of aryl methyl sites for hydroxylation is 1. The first-order valence-electron chi connectivity index (χ1n) is 14.4. The lowest BCUT2D eigenvalue weighted by molar-refractivity contribution is -0.140. The van der Waals surface area contributed by atoms with Crippen LogP contribution in [0, 0.1) is 6.92 Å². The highest BCUT2D eigenvalue weighted by atomic mass is 35.5. The highest BCUT2D eigenvalue weighted by molar-refractivity contribution is 7.92. The van der Waals surface area contributed by atoms with Gasteiger partial charge in [-0.25, -0.2) is 8.42 Å². The second-order valence-corrected chi connectivity index (χ2v) is 14.7. The zero-order chi connectivity index (χ0) is 33.6. The highest BCUT2D eigenvalue weighted by Crippen LogP contribution is 2.31. The standard InChI is InChI=1S/C34H33Cl4N3O4S/c1-22(2)39-34(43)32(15-24-7-5-4-6-8-24)40(20-25-11-12-26(35)19-31(25)38)33(42)21-41(29-17-27(36)16-28(37)18-29)46(44,45)30-13-9-23(3)10-14-30/h4-14,16-19,22,32H,15,20-21H2,1-3H3,(H,39,43). The average Bonchev–Trinajstić information content (AvgIpc) is 2.98. The van der Waals surface area contributed by atoms with Crippen LogP contribution in [0.3, 0.4) is 0 Å². The van der Waals surface area contributed by atoms with Gasteiger partial charge in [-0.2, -0.15) is 0 Å². The first kappa shape index (κ1) is 35.6. The van der Waals surface area contributed by atoms with Crippen LogP contribution in [0.1, 0.15) is 30.5 Å². The van der Waals surface area contributed by atoms with Gasteiger partial charge in [-0.15, -0.1) is 0 Å². The average molecular weight is 722 g/mol. The van der Waals surface area contributed by atoms with Gasteiger partial charge in [0.2, 0.25) is 11.8 Å². The fraction of sp³-hybridized carbons (Fsp3) is 0.235. The number of hydrogen-bond donors (Lipinski definition) is 1. The number of sulfonamides is 1. The van der Waals surface area contributed by atoms with E-state index in [0.29, 0.717) is 15.6 Å². The number of carbonyl (C=O) groups excluding carboxylic acids is 2. The molecule has 0 heterocycles. The monoisotopic (exact) mass is 719 g/mol. The molecule has 1 atom stereocenters. The molecule has 7 nitrogen and oxygen atoms in total. The van der Waals surface area contributed by atoms with Gasteiger partial charge in [0, 0.05) is 39.1 Å². The molecule has 4 aromatic rings. The number of hydrogen-bond acceptors (Lipinski definition) is 4. The van der Waals surface area contributed by atoms with E-state index in [1.807, 2.05) is 51.1 Å². The summed E-state index contributed by atoms with van der Waals surface area (Å²) in [6, 6.07) is 23.4. The maximum absolute atomic E-state index is 14.5. The van der Waals surface area contributed by atoms with E-state index >= 15 is 0 Å². The molecule has 0 radical (unpaired) electrons. The molecule has 46 heavy (non-hydrogen) atoms. The Bertz CT molecular complexity index is 1780. The van der Waals surface area contributed by atoms with Crippen molar-refractivity contribution in [1.29, 1.82) is 0 Å². The van der Waals surface area contributed by atoms with Crippen molar-refractivity contribution in [3.05, 3.63) is 128 Å². The predicted molar refractivity (Wildman–Crippen MR) is 186 cm³/mol. The van der Waals surface area contributed by atoms with Gasteiger partial charge in [0.25, 0.3) is 10.0 Å². The van der Waals surface area contributed by atoms with Crippen molar-refractivity contribution in [2.75, 3.05) is 10.8 Å². The number of halogens is 4. The summed E-state index contributed by atoms with van der Waals surface area (Å²) in [6.45, 7) is 4.70. The SMILES string of the molecule is Cc1ccc(S(=O)(=O)N(CC(=O)N(Cc2ccc(Cl)cc2Cl)C(Cc2ccccc2)C(=O)NC(C)C)c2cc(Cl)cc(Cl)c2)cc1. The first-order valence-corrected chi connectivity index (χ1v) is 17.3. The van der Waals surface area contributed by atoms with Crippen LogP contribution >= 0.6 is 46.4 Å². The van der Waals surface area contributed by atoms with Crippen molar-refractivity contribution in [3.63, 3.8) is 0 Å². The van der Waals surface area contributed by atoms with E-state index in [0.717, 1.165) is 15.4 Å². The minimum absolute atomic E-state index is 0.0346. The molecule has 0 aliphatic carbocycles. The number of benzene rings is 4. The Hall–Kier alpha value is -3.27. The number of nitrogens with zero attached hydrogens (tertiary/aromatic N) is 2. The summed E-state index contributed by atoms with van der Waals surface area (Å²) in [5, 5.41) is 3.97. The highest BCUT2D eigenvalue weighted by Gasteiger charge is 2.35. The Morgan fingerprint density at radius 2 is 1.43 bits per heavy atom. The van der Waals surface area contributed by atoms with Gasteiger partial charge in [-0.1, -0.05) is 100 Å². The maximum atomic E-state index is 14.5. The Morgan fingerprint density at radius 1 is 0.804 bits per heavy atom. The summed E-state index contributed by atoms with van der Waals surface area (Å²) in [5.41, 5.74) is 2.27. The van der Waals surface area contributed by atoms with Gasteiger partial charge in [0.05, 0.1) is 10.6 Å². The van der Waals surface area contributed by atoms with Crippen LogP contribution in [0.2, 0.25) is 20.1 Å². The van der Waals surface area contributed by atoms with E-state index < -0.39 is 34.4 Å². The lowest BCUT2D eigenvalue weighted by Crippen LogP contribution is -2.54. The smallest absolute Gasteiger partial charge is 0.264 e. The molecule has 0 bridgehead atoms. The van der Waals surface area contributed by atoms with Crippen LogP contribution in [-0.2, 0) is 32.6 Å². The van der Waals surface area contributed by atoms with E-state index in [4.69, 9.17) is 46.4 Å². The van der Waals surface area contributed by atoms with Crippen LogP contribution in [0.4, 0.5) is 5.69 Å². The van der Waals surface area contributed by atoms with Crippen molar-refractivity contribution in [2.24, 2.45) is 0 Å². The third-order valence-electron chi connectivity index (χ3n) is 7.08. The van der Waals surface area contributed by atoms with E-state index in [1.165, 1.54) is 35.2 Å². The fourth-order valence-corrected chi connectivity index (χ4v) is 7.20. The maximum Gasteiger partial charge on any atom is 0.264 e. The van der Waals surface area contributed by atoms with Gasteiger partial charge in [-0.05, 0) is 74.4 Å². The zero-order valence-corrected chi connectivity index (χ0v) is 29.2. The molecule has 1 N–H and O–H groups in total. The van der Waals surface area contributed by atoms with Crippen molar-refractivity contribution < 1.29 is 18.0 Å². The second kappa shape index (κ2) is 15.5. The Balaban J connectivity index is 1.85. The molecule has 4 aromatic carbocycles. The van der Waals surface area contributed by atoms with Crippen LogP contribution in [0.25, 0.3) is 0 Å². The first-order chi connectivity index (χ1) is 21.7. The molecule has 4 rings (SSSR count). The molecule has 0 aromatic heterocycles. The molecule has 0 spiro atoms. The summed E-state index contributed by atoms with van der Waals surface area (Å²) in [5.74, 6) is -1.06. The number of amides is 2. The molecule has 0 saturated heterocycles.